The highest BCUT2D eigenvalue weighted by Gasteiger charge is 2.19. The number of ether oxygens (including phenoxy) is 2. The molecule has 4 rings (SSSR count). The Morgan fingerprint density at radius 1 is 0.900 bits per heavy atom. The molecule has 1 N–H and O–H groups in total. The van der Waals surface area contributed by atoms with Crippen LogP contribution in [0.5, 0.6) is 11.5 Å². The molecule has 0 aromatic heterocycles. The second-order valence-electron chi connectivity index (χ2n) is 8.16. The lowest BCUT2D eigenvalue weighted by molar-refractivity contribution is 0.174. The van der Waals surface area contributed by atoms with Crippen LogP contribution in [0.2, 0.25) is 0 Å². The van der Waals surface area contributed by atoms with Crippen LogP contribution in [0, 0.1) is 5.82 Å². The minimum Gasteiger partial charge on any atom is -0.454 e. The summed E-state index contributed by atoms with van der Waals surface area (Å²) in [5.74, 6) is 1.32. The smallest absolute Gasteiger partial charge is 0.231 e. The van der Waals surface area contributed by atoms with Crippen LogP contribution in [0.15, 0.2) is 42.5 Å². The number of nitrogens with one attached hydrogen (secondary N) is 1. The zero-order valence-corrected chi connectivity index (χ0v) is 18.1. The second-order valence-corrected chi connectivity index (χ2v) is 8.55. The van der Waals surface area contributed by atoms with E-state index in [1.165, 1.54) is 44.2 Å². The Kier molecular flexibility index (Phi) is 7.05. The molecule has 30 heavy (non-hydrogen) atoms. The molecule has 0 bridgehead atoms. The molecule has 0 spiro atoms. The summed E-state index contributed by atoms with van der Waals surface area (Å²) in [6, 6.07) is 13.1. The van der Waals surface area contributed by atoms with Gasteiger partial charge in [0.1, 0.15) is 5.82 Å². The molecule has 0 saturated heterocycles. The van der Waals surface area contributed by atoms with Gasteiger partial charge in [-0.25, -0.2) is 4.39 Å². The first-order chi connectivity index (χ1) is 14.7. The lowest BCUT2D eigenvalue weighted by Crippen LogP contribution is -2.44. The first-order valence-electron chi connectivity index (χ1n) is 10.9. The fourth-order valence-electron chi connectivity index (χ4n) is 4.14. The van der Waals surface area contributed by atoms with E-state index in [0.29, 0.717) is 19.1 Å². The Hall–Kier alpha value is -2.34. The van der Waals surface area contributed by atoms with Crippen molar-refractivity contribution in [1.82, 2.24) is 10.2 Å². The molecule has 6 heteroatoms. The highest BCUT2D eigenvalue weighted by molar-refractivity contribution is 7.80. The molecule has 4 nitrogen and oxygen atoms in total. The minimum atomic E-state index is -0.226. The molecule has 0 radical (unpaired) electrons. The molecule has 1 aliphatic heterocycles. The summed E-state index contributed by atoms with van der Waals surface area (Å²) in [7, 11) is 0. The van der Waals surface area contributed by atoms with Crippen molar-refractivity contribution in [3.8, 4) is 11.5 Å². The van der Waals surface area contributed by atoms with Gasteiger partial charge in [0.15, 0.2) is 16.6 Å². The Morgan fingerprint density at radius 3 is 2.30 bits per heavy atom. The summed E-state index contributed by atoms with van der Waals surface area (Å²) in [6.45, 7) is 1.53. The largest absolute Gasteiger partial charge is 0.454 e. The standard InChI is InChI=1S/C24H29FN2O2S/c25-20-11-8-18(9-12-20)15-27(16-19-10-13-22-23(14-19)29-17-28-22)24(30)26-21-6-4-2-1-3-5-7-21/h8-14,21H,1-7,15-17H2,(H,26,30). The van der Waals surface area contributed by atoms with Gasteiger partial charge in [0.2, 0.25) is 6.79 Å². The van der Waals surface area contributed by atoms with Crippen LogP contribution in [0.25, 0.3) is 0 Å². The van der Waals surface area contributed by atoms with Crippen molar-refractivity contribution in [3.63, 3.8) is 0 Å². The molecule has 1 fully saturated rings. The molecule has 1 aliphatic carbocycles. The quantitative estimate of drug-likeness (QED) is 0.632. The summed E-state index contributed by atoms with van der Waals surface area (Å²) in [6.07, 6.45) is 8.78. The average Bonchev–Trinajstić information content (AvgIpc) is 3.19. The van der Waals surface area contributed by atoms with Crippen LogP contribution in [0.4, 0.5) is 4.39 Å². The van der Waals surface area contributed by atoms with E-state index in [1.54, 1.807) is 0 Å². The normalized spacial score (nSPS) is 16.6. The maximum Gasteiger partial charge on any atom is 0.231 e. The lowest BCUT2D eigenvalue weighted by atomic mass is 9.97. The Labute approximate surface area is 183 Å². The van der Waals surface area contributed by atoms with E-state index in [4.69, 9.17) is 21.7 Å². The lowest BCUT2D eigenvalue weighted by Gasteiger charge is -2.30. The molecule has 2 aromatic rings. The third-order valence-electron chi connectivity index (χ3n) is 5.82. The second kappa shape index (κ2) is 10.1. The van der Waals surface area contributed by atoms with Crippen molar-refractivity contribution in [2.45, 2.75) is 64.1 Å². The first-order valence-corrected chi connectivity index (χ1v) is 11.3. The van der Waals surface area contributed by atoms with Crippen molar-refractivity contribution in [1.29, 1.82) is 0 Å². The molecule has 2 aliphatic rings. The SMILES string of the molecule is Fc1ccc(CN(Cc2ccc3c(c2)OCO3)C(=S)NC2CCCCCCC2)cc1. The van der Waals surface area contributed by atoms with E-state index in [9.17, 15) is 4.39 Å². The fourth-order valence-corrected chi connectivity index (χ4v) is 4.43. The predicted molar refractivity (Wildman–Crippen MR) is 120 cm³/mol. The number of benzene rings is 2. The molecule has 0 atom stereocenters. The van der Waals surface area contributed by atoms with Gasteiger partial charge in [-0.15, -0.1) is 0 Å². The summed E-state index contributed by atoms with van der Waals surface area (Å²) in [4.78, 5) is 2.15. The maximum absolute atomic E-state index is 13.4. The Morgan fingerprint density at radius 2 is 1.53 bits per heavy atom. The monoisotopic (exact) mass is 428 g/mol. The van der Waals surface area contributed by atoms with Crippen molar-refractivity contribution in [3.05, 3.63) is 59.4 Å². The van der Waals surface area contributed by atoms with Gasteiger partial charge in [0.05, 0.1) is 0 Å². The van der Waals surface area contributed by atoms with Crippen molar-refractivity contribution < 1.29 is 13.9 Å². The minimum absolute atomic E-state index is 0.226. The van der Waals surface area contributed by atoms with Gasteiger partial charge in [-0.2, -0.15) is 0 Å². The predicted octanol–water partition coefficient (Wildman–Crippen LogP) is 5.54. The van der Waals surface area contributed by atoms with E-state index in [2.05, 4.69) is 10.2 Å². The fraction of sp³-hybridized carbons (Fsp3) is 0.458. The van der Waals surface area contributed by atoms with Crippen molar-refractivity contribution >= 4 is 17.3 Å². The molecule has 0 unspecified atom stereocenters. The number of hydrogen-bond acceptors (Lipinski definition) is 3. The molecular weight excluding hydrogens is 399 g/mol. The topological polar surface area (TPSA) is 33.7 Å². The van der Waals surface area contributed by atoms with Crippen LogP contribution in [0.3, 0.4) is 0 Å². The molecule has 1 heterocycles. The van der Waals surface area contributed by atoms with E-state index >= 15 is 0 Å². The average molecular weight is 429 g/mol. The van der Waals surface area contributed by atoms with Crippen LogP contribution in [-0.4, -0.2) is 22.8 Å². The molecule has 1 saturated carbocycles. The highest BCUT2D eigenvalue weighted by Crippen LogP contribution is 2.33. The van der Waals surface area contributed by atoms with Crippen LogP contribution in [-0.2, 0) is 13.1 Å². The molecular formula is C24H29FN2O2S. The van der Waals surface area contributed by atoms with Crippen LogP contribution < -0.4 is 14.8 Å². The number of nitrogens with zero attached hydrogens (tertiary/aromatic N) is 1. The third-order valence-corrected chi connectivity index (χ3v) is 6.19. The first kappa shape index (κ1) is 20.9. The van der Waals surface area contributed by atoms with E-state index < -0.39 is 0 Å². The summed E-state index contributed by atoms with van der Waals surface area (Å²) in [5.41, 5.74) is 2.13. The van der Waals surface area contributed by atoms with E-state index in [0.717, 1.165) is 40.6 Å². The summed E-state index contributed by atoms with van der Waals surface area (Å²) < 4.78 is 24.3. The Bertz CT molecular complexity index is 851. The van der Waals surface area contributed by atoms with Crippen molar-refractivity contribution in [2.24, 2.45) is 0 Å². The molecule has 0 amide bonds. The number of hydrogen-bond donors (Lipinski definition) is 1. The highest BCUT2D eigenvalue weighted by atomic mass is 32.1. The van der Waals surface area contributed by atoms with Gasteiger partial charge in [-0.3, -0.25) is 0 Å². The zero-order valence-electron chi connectivity index (χ0n) is 17.2. The number of rotatable bonds is 5. The van der Waals surface area contributed by atoms with Gasteiger partial charge in [0.25, 0.3) is 0 Å². The summed E-state index contributed by atoms with van der Waals surface area (Å²) >= 11 is 5.84. The third kappa shape index (κ3) is 5.63. The maximum atomic E-state index is 13.4. The van der Waals surface area contributed by atoms with E-state index in [-0.39, 0.29) is 12.6 Å². The van der Waals surface area contributed by atoms with Crippen molar-refractivity contribution in [2.75, 3.05) is 6.79 Å². The number of halogens is 1. The molecule has 2 aromatic carbocycles. The number of thiocarbonyl (C=S) groups is 1. The Balaban J connectivity index is 1.48. The van der Waals surface area contributed by atoms with Crippen LogP contribution >= 0.6 is 12.2 Å². The van der Waals surface area contributed by atoms with Gasteiger partial charge in [-0.1, -0.05) is 50.3 Å². The van der Waals surface area contributed by atoms with Gasteiger partial charge in [-0.05, 0) is 60.5 Å². The van der Waals surface area contributed by atoms with Gasteiger partial charge in [0, 0.05) is 19.1 Å². The van der Waals surface area contributed by atoms with E-state index in [1.807, 2.05) is 30.3 Å². The molecule has 160 valence electrons. The van der Waals surface area contributed by atoms with Crippen LogP contribution in [0.1, 0.15) is 56.1 Å². The number of fused-ring (bicyclic) bond motifs is 1. The van der Waals surface area contributed by atoms with Gasteiger partial charge < -0.3 is 19.7 Å². The van der Waals surface area contributed by atoms with Gasteiger partial charge >= 0.3 is 0 Å². The summed E-state index contributed by atoms with van der Waals surface area (Å²) in [5, 5.41) is 4.37. The zero-order chi connectivity index (χ0) is 20.8.